The summed E-state index contributed by atoms with van der Waals surface area (Å²) in [6.45, 7) is 4.07. The van der Waals surface area contributed by atoms with Gasteiger partial charge in [-0.15, -0.1) is 8.58 Å². The fourth-order valence-electron chi connectivity index (χ4n) is 1.48. The summed E-state index contributed by atoms with van der Waals surface area (Å²) in [7, 11) is 1.11. The van der Waals surface area contributed by atoms with E-state index in [1.165, 1.54) is 18.1 Å². The predicted octanol–water partition coefficient (Wildman–Crippen LogP) is 2.22. The molecule has 64 valence electrons. The normalized spacial score (nSPS) is 24.0. The Labute approximate surface area is 74.6 Å². The Hall–Kier alpha value is -0.490. The molecule has 1 aliphatic rings. The van der Waals surface area contributed by atoms with E-state index in [4.69, 9.17) is 0 Å². The summed E-state index contributed by atoms with van der Waals surface area (Å²) in [4.78, 5) is 0. The van der Waals surface area contributed by atoms with Crippen molar-refractivity contribution in [1.82, 2.24) is 10.2 Å². The maximum Gasteiger partial charge on any atom is 0.0638 e. The zero-order valence-electron chi connectivity index (χ0n) is 7.46. The molecule has 2 nitrogen and oxygen atoms in total. The average Bonchev–Trinajstić information content (AvgIpc) is 1.93. The Kier molecular flexibility index (Phi) is 2.10. The van der Waals surface area contributed by atoms with Gasteiger partial charge in [0.25, 0.3) is 0 Å². The Bertz CT molecular complexity index is 295. The van der Waals surface area contributed by atoms with Gasteiger partial charge in [-0.05, 0) is 38.1 Å². The molecule has 2 atom stereocenters. The molecule has 2 rings (SSSR count). The molecule has 1 aliphatic heterocycles. The highest BCUT2D eigenvalue weighted by atomic mass is 31.1. The van der Waals surface area contributed by atoms with Crippen LogP contribution in [0.4, 0.5) is 0 Å². The summed E-state index contributed by atoms with van der Waals surface area (Å²) >= 11 is 0. The van der Waals surface area contributed by atoms with E-state index < -0.39 is 0 Å². The molecule has 0 N–H and O–H groups in total. The van der Waals surface area contributed by atoms with Gasteiger partial charge < -0.3 is 0 Å². The number of hydrogen-bond acceptors (Lipinski definition) is 2. The molecule has 0 radical (unpaired) electrons. The van der Waals surface area contributed by atoms with Gasteiger partial charge in [-0.2, -0.15) is 10.2 Å². The molecule has 2 unspecified atom stereocenters. The van der Waals surface area contributed by atoms with Crippen LogP contribution in [0.1, 0.15) is 29.0 Å². The number of aromatic nitrogens is 2. The van der Waals surface area contributed by atoms with Crippen LogP contribution in [0.2, 0.25) is 0 Å². The van der Waals surface area contributed by atoms with Gasteiger partial charge in [0.2, 0.25) is 0 Å². The van der Waals surface area contributed by atoms with Crippen LogP contribution in [0.25, 0.3) is 0 Å². The minimum absolute atomic E-state index is 0.805. The quantitative estimate of drug-likeness (QED) is 0.619. The highest BCUT2D eigenvalue weighted by Crippen LogP contribution is 2.48. The van der Waals surface area contributed by atoms with E-state index in [9.17, 15) is 0 Å². The molecule has 12 heavy (non-hydrogen) atoms. The van der Waals surface area contributed by atoms with E-state index in [2.05, 4.69) is 23.2 Å². The first kappa shape index (κ1) is 8.12. The van der Waals surface area contributed by atoms with Gasteiger partial charge in [0.15, 0.2) is 0 Å². The SMILES string of the molecule is Cc1cc(C2CCP2)c(C)nn1. The van der Waals surface area contributed by atoms with Gasteiger partial charge in [0, 0.05) is 5.66 Å². The Morgan fingerprint density at radius 1 is 1.42 bits per heavy atom. The first-order chi connectivity index (χ1) is 5.77. The second-order valence-electron chi connectivity index (χ2n) is 3.32. The van der Waals surface area contributed by atoms with Crippen LogP contribution in [0, 0.1) is 13.8 Å². The minimum Gasteiger partial charge on any atom is -0.156 e. The number of nitrogens with zero attached hydrogens (tertiary/aromatic N) is 2. The highest BCUT2D eigenvalue weighted by molar-refractivity contribution is 7.40. The summed E-state index contributed by atoms with van der Waals surface area (Å²) in [5, 5.41) is 8.17. The minimum atomic E-state index is 0.805. The van der Waals surface area contributed by atoms with E-state index in [0.29, 0.717) is 0 Å². The van der Waals surface area contributed by atoms with Crippen LogP contribution >= 0.6 is 8.58 Å². The van der Waals surface area contributed by atoms with Crippen LogP contribution in [-0.4, -0.2) is 16.4 Å². The molecule has 1 aromatic rings. The molecule has 0 saturated carbocycles. The van der Waals surface area contributed by atoms with E-state index >= 15 is 0 Å². The lowest BCUT2D eigenvalue weighted by Crippen LogP contribution is -2.08. The van der Waals surface area contributed by atoms with Crippen LogP contribution in [-0.2, 0) is 0 Å². The van der Waals surface area contributed by atoms with Crippen molar-refractivity contribution in [1.29, 1.82) is 0 Å². The predicted molar refractivity (Wildman–Crippen MR) is 52.0 cm³/mol. The van der Waals surface area contributed by atoms with Crippen molar-refractivity contribution in [2.45, 2.75) is 25.9 Å². The molecule has 0 amide bonds. The number of aryl methyl sites for hydroxylation is 2. The molecular weight excluding hydrogens is 167 g/mol. The molecule has 1 aromatic heterocycles. The van der Waals surface area contributed by atoms with Gasteiger partial charge in [0.05, 0.1) is 11.4 Å². The van der Waals surface area contributed by atoms with E-state index in [0.717, 1.165) is 25.6 Å². The lowest BCUT2D eigenvalue weighted by Gasteiger charge is -2.26. The second-order valence-corrected chi connectivity index (χ2v) is 4.93. The van der Waals surface area contributed by atoms with Crippen LogP contribution in [0.5, 0.6) is 0 Å². The maximum atomic E-state index is 4.14. The van der Waals surface area contributed by atoms with Crippen molar-refractivity contribution in [3.05, 3.63) is 23.0 Å². The van der Waals surface area contributed by atoms with Crippen molar-refractivity contribution in [3.63, 3.8) is 0 Å². The molecule has 0 spiro atoms. The molecule has 3 heteroatoms. The number of hydrogen-bond donors (Lipinski definition) is 0. The summed E-state index contributed by atoms with van der Waals surface area (Å²) in [6, 6.07) is 2.19. The lowest BCUT2D eigenvalue weighted by molar-refractivity contribution is 0.795. The largest absolute Gasteiger partial charge is 0.156 e. The maximum absolute atomic E-state index is 4.14. The number of rotatable bonds is 1. The summed E-state index contributed by atoms with van der Waals surface area (Å²) in [5.74, 6) is 0. The van der Waals surface area contributed by atoms with Crippen molar-refractivity contribution in [3.8, 4) is 0 Å². The molecule has 1 saturated heterocycles. The van der Waals surface area contributed by atoms with Crippen molar-refractivity contribution >= 4 is 8.58 Å². The van der Waals surface area contributed by atoms with Gasteiger partial charge in [-0.1, -0.05) is 0 Å². The third kappa shape index (κ3) is 1.36. The van der Waals surface area contributed by atoms with E-state index in [-0.39, 0.29) is 0 Å². The van der Waals surface area contributed by atoms with E-state index in [1.54, 1.807) is 0 Å². The fraction of sp³-hybridized carbons (Fsp3) is 0.556. The molecular formula is C9H13N2P. The average molecular weight is 180 g/mol. The van der Waals surface area contributed by atoms with Gasteiger partial charge >= 0.3 is 0 Å². The Morgan fingerprint density at radius 2 is 2.17 bits per heavy atom. The molecule has 1 fully saturated rings. The van der Waals surface area contributed by atoms with Crippen LogP contribution in [0.3, 0.4) is 0 Å². The highest BCUT2D eigenvalue weighted by Gasteiger charge is 2.21. The van der Waals surface area contributed by atoms with Crippen molar-refractivity contribution in [2.24, 2.45) is 0 Å². The topological polar surface area (TPSA) is 25.8 Å². The summed E-state index contributed by atoms with van der Waals surface area (Å²) < 4.78 is 0. The van der Waals surface area contributed by atoms with Gasteiger partial charge in [-0.25, -0.2) is 0 Å². The molecule has 0 bridgehead atoms. The van der Waals surface area contributed by atoms with Crippen LogP contribution < -0.4 is 0 Å². The zero-order chi connectivity index (χ0) is 8.55. The molecule has 2 heterocycles. The Morgan fingerprint density at radius 3 is 2.75 bits per heavy atom. The first-order valence-corrected chi connectivity index (χ1v) is 5.60. The molecule has 0 aromatic carbocycles. The fourth-order valence-corrected chi connectivity index (χ4v) is 2.57. The van der Waals surface area contributed by atoms with Crippen molar-refractivity contribution < 1.29 is 0 Å². The van der Waals surface area contributed by atoms with Gasteiger partial charge in [0.1, 0.15) is 0 Å². The standard InChI is InChI=1S/C9H13N2P/c1-6-5-8(7(2)11-10-6)9-3-4-12-9/h5,9,12H,3-4H2,1-2H3. The monoisotopic (exact) mass is 180 g/mol. The summed E-state index contributed by atoms with van der Waals surface area (Å²) in [6.07, 6.45) is 2.76. The van der Waals surface area contributed by atoms with Gasteiger partial charge in [-0.3, -0.25) is 0 Å². The van der Waals surface area contributed by atoms with E-state index in [1.807, 2.05) is 6.92 Å². The Balaban J connectivity index is 2.34. The third-order valence-electron chi connectivity index (χ3n) is 2.34. The first-order valence-electron chi connectivity index (χ1n) is 4.31. The third-order valence-corrected chi connectivity index (χ3v) is 4.01. The van der Waals surface area contributed by atoms with Crippen molar-refractivity contribution in [2.75, 3.05) is 6.16 Å². The molecule has 0 aliphatic carbocycles. The smallest absolute Gasteiger partial charge is 0.0638 e. The second kappa shape index (κ2) is 3.10. The van der Waals surface area contributed by atoms with Crippen LogP contribution in [0.15, 0.2) is 6.07 Å². The lowest BCUT2D eigenvalue weighted by atomic mass is 10.1. The zero-order valence-corrected chi connectivity index (χ0v) is 8.46. The summed E-state index contributed by atoms with van der Waals surface area (Å²) in [5.41, 5.74) is 4.41.